The molecule has 2 aromatic rings. The van der Waals surface area contributed by atoms with Crippen molar-refractivity contribution in [2.24, 2.45) is 0 Å². The van der Waals surface area contributed by atoms with Gasteiger partial charge in [-0.25, -0.2) is 0 Å². The highest BCUT2D eigenvalue weighted by atomic mass is 79.9. The molecular weight excluding hydrogens is 428 g/mol. The molecule has 0 radical (unpaired) electrons. The van der Waals surface area contributed by atoms with Crippen LogP contribution in [0.15, 0.2) is 57.9 Å². The number of benzene rings is 2. The van der Waals surface area contributed by atoms with Crippen molar-refractivity contribution >= 4 is 39.5 Å². The quantitative estimate of drug-likeness (QED) is 0.450. The van der Waals surface area contributed by atoms with Gasteiger partial charge < -0.3 is 15.4 Å². The molecule has 0 bridgehead atoms. The summed E-state index contributed by atoms with van der Waals surface area (Å²) in [4.78, 5) is 25.4. The van der Waals surface area contributed by atoms with E-state index in [1.165, 1.54) is 11.8 Å². The summed E-state index contributed by atoms with van der Waals surface area (Å²) in [6.07, 6.45) is 0. The normalized spacial score (nSPS) is 11.7. The third-order valence-corrected chi connectivity index (χ3v) is 5.44. The predicted molar refractivity (Wildman–Crippen MR) is 112 cm³/mol. The standard InChI is InChI=1S/C20H23BrN2O3S/c1-14(15-7-9-16(21)10-8-15)23-20(25)17-5-3-4-6-18(17)27-13-19(24)22-11-12-26-2/h3-10,14H,11-13H2,1-2H3,(H,22,24)(H,23,25). The van der Waals surface area contributed by atoms with E-state index in [4.69, 9.17) is 4.74 Å². The van der Waals surface area contributed by atoms with E-state index in [1.807, 2.05) is 49.4 Å². The molecule has 0 spiro atoms. The van der Waals surface area contributed by atoms with Gasteiger partial charge in [0.25, 0.3) is 5.91 Å². The SMILES string of the molecule is COCCNC(=O)CSc1ccccc1C(=O)NC(C)c1ccc(Br)cc1. The first-order chi connectivity index (χ1) is 13.0. The average Bonchev–Trinajstić information content (AvgIpc) is 2.67. The molecular formula is C20H23BrN2O3S. The molecule has 7 heteroatoms. The first-order valence-electron chi connectivity index (χ1n) is 8.55. The van der Waals surface area contributed by atoms with Gasteiger partial charge in [0.15, 0.2) is 0 Å². The zero-order chi connectivity index (χ0) is 19.6. The van der Waals surface area contributed by atoms with Crippen molar-refractivity contribution < 1.29 is 14.3 Å². The van der Waals surface area contributed by atoms with E-state index in [0.717, 1.165) is 14.9 Å². The second-order valence-electron chi connectivity index (χ2n) is 5.87. The Balaban J connectivity index is 1.98. The van der Waals surface area contributed by atoms with Crippen molar-refractivity contribution in [2.45, 2.75) is 17.9 Å². The monoisotopic (exact) mass is 450 g/mol. The van der Waals surface area contributed by atoms with Crippen molar-refractivity contribution in [3.63, 3.8) is 0 Å². The molecule has 2 aromatic carbocycles. The van der Waals surface area contributed by atoms with Crippen LogP contribution in [0.4, 0.5) is 0 Å². The Morgan fingerprint density at radius 1 is 1.15 bits per heavy atom. The highest BCUT2D eigenvalue weighted by Gasteiger charge is 2.15. The highest BCUT2D eigenvalue weighted by Crippen LogP contribution is 2.24. The molecule has 0 saturated heterocycles. The molecule has 2 rings (SSSR count). The lowest BCUT2D eigenvalue weighted by molar-refractivity contribution is -0.118. The van der Waals surface area contributed by atoms with Crippen molar-refractivity contribution in [3.05, 3.63) is 64.1 Å². The Morgan fingerprint density at radius 2 is 1.85 bits per heavy atom. The largest absolute Gasteiger partial charge is 0.383 e. The van der Waals surface area contributed by atoms with E-state index in [-0.39, 0.29) is 23.6 Å². The Morgan fingerprint density at radius 3 is 2.56 bits per heavy atom. The number of carbonyl (C=O) groups excluding carboxylic acids is 2. The third kappa shape index (κ3) is 7.01. The number of amides is 2. The fourth-order valence-electron chi connectivity index (χ4n) is 2.38. The van der Waals surface area contributed by atoms with Crippen LogP contribution >= 0.6 is 27.7 Å². The maximum Gasteiger partial charge on any atom is 0.252 e. The molecule has 1 unspecified atom stereocenters. The highest BCUT2D eigenvalue weighted by molar-refractivity contribution is 9.10. The number of ether oxygens (including phenoxy) is 1. The number of carbonyl (C=O) groups is 2. The molecule has 27 heavy (non-hydrogen) atoms. The van der Waals surface area contributed by atoms with Crippen LogP contribution in [0.3, 0.4) is 0 Å². The maximum atomic E-state index is 12.7. The van der Waals surface area contributed by atoms with Gasteiger partial charge in [0.05, 0.1) is 24.0 Å². The molecule has 0 aliphatic heterocycles. The number of hydrogen-bond donors (Lipinski definition) is 2. The molecule has 0 fully saturated rings. The molecule has 0 saturated carbocycles. The summed E-state index contributed by atoms with van der Waals surface area (Å²) in [6.45, 7) is 2.90. The molecule has 1 atom stereocenters. The van der Waals surface area contributed by atoms with Crippen molar-refractivity contribution in [3.8, 4) is 0 Å². The summed E-state index contributed by atoms with van der Waals surface area (Å²) < 4.78 is 5.90. The van der Waals surface area contributed by atoms with Crippen LogP contribution in [0.2, 0.25) is 0 Å². The van der Waals surface area contributed by atoms with Crippen LogP contribution in [-0.2, 0) is 9.53 Å². The van der Waals surface area contributed by atoms with Crippen LogP contribution in [0.5, 0.6) is 0 Å². The van der Waals surface area contributed by atoms with E-state index in [1.54, 1.807) is 13.2 Å². The van der Waals surface area contributed by atoms with E-state index in [9.17, 15) is 9.59 Å². The van der Waals surface area contributed by atoms with Gasteiger partial charge in [-0.05, 0) is 36.8 Å². The minimum atomic E-state index is -0.159. The molecule has 0 aliphatic carbocycles. The van der Waals surface area contributed by atoms with Gasteiger partial charge >= 0.3 is 0 Å². The molecule has 2 amide bonds. The number of hydrogen-bond acceptors (Lipinski definition) is 4. The summed E-state index contributed by atoms with van der Waals surface area (Å²) in [7, 11) is 1.59. The predicted octanol–water partition coefficient (Wildman–Crippen LogP) is 3.79. The van der Waals surface area contributed by atoms with E-state index in [2.05, 4.69) is 26.6 Å². The molecule has 0 aliphatic rings. The minimum Gasteiger partial charge on any atom is -0.383 e. The number of rotatable bonds is 9. The van der Waals surface area contributed by atoms with E-state index >= 15 is 0 Å². The lowest BCUT2D eigenvalue weighted by Gasteiger charge is -2.16. The first-order valence-corrected chi connectivity index (χ1v) is 10.3. The van der Waals surface area contributed by atoms with Gasteiger partial charge in [-0.1, -0.05) is 40.2 Å². The van der Waals surface area contributed by atoms with Crippen LogP contribution in [0.25, 0.3) is 0 Å². The van der Waals surface area contributed by atoms with Gasteiger partial charge in [0, 0.05) is 23.0 Å². The van der Waals surface area contributed by atoms with E-state index < -0.39 is 0 Å². The second-order valence-corrected chi connectivity index (χ2v) is 7.81. The van der Waals surface area contributed by atoms with Crippen molar-refractivity contribution in [1.82, 2.24) is 10.6 Å². The van der Waals surface area contributed by atoms with Crippen molar-refractivity contribution in [1.29, 1.82) is 0 Å². The van der Waals surface area contributed by atoms with Crippen molar-refractivity contribution in [2.75, 3.05) is 26.0 Å². The molecule has 0 heterocycles. The molecule has 2 N–H and O–H groups in total. The van der Waals surface area contributed by atoms with Crippen LogP contribution in [-0.4, -0.2) is 37.8 Å². The maximum absolute atomic E-state index is 12.7. The number of halogens is 1. The smallest absolute Gasteiger partial charge is 0.252 e. The number of thioether (sulfide) groups is 1. The Bertz CT molecular complexity index is 768. The van der Waals surface area contributed by atoms with Crippen LogP contribution in [0, 0.1) is 0 Å². The summed E-state index contributed by atoms with van der Waals surface area (Å²) in [5, 5.41) is 5.79. The zero-order valence-corrected chi connectivity index (χ0v) is 17.7. The number of nitrogens with one attached hydrogen (secondary N) is 2. The Kier molecular flexibility index (Phi) is 8.84. The Hall–Kier alpha value is -1.83. The average molecular weight is 451 g/mol. The molecule has 144 valence electrons. The molecule has 0 aromatic heterocycles. The second kappa shape index (κ2) is 11.1. The van der Waals surface area contributed by atoms with Crippen LogP contribution in [0.1, 0.15) is 28.9 Å². The van der Waals surface area contributed by atoms with Gasteiger partial charge in [0.2, 0.25) is 5.91 Å². The zero-order valence-electron chi connectivity index (χ0n) is 15.3. The summed E-state index contributed by atoms with van der Waals surface area (Å²) >= 11 is 4.76. The van der Waals surface area contributed by atoms with Gasteiger partial charge in [-0.2, -0.15) is 0 Å². The summed E-state index contributed by atoms with van der Waals surface area (Å²) in [5.41, 5.74) is 1.59. The number of methoxy groups -OCH3 is 1. The first kappa shape index (κ1) is 21.5. The van der Waals surface area contributed by atoms with E-state index in [0.29, 0.717) is 18.7 Å². The third-order valence-electron chi connectivity index (χ3n) is 3.84. The molecule has 5 nitrogen and oxygen atoms in total. The topological polar surface area (TPSA) is 67.4 Å². The fourth-order valence-corrected chi connectivity index (χ4v) is 3.52. The minimum absolute atomic E-state index is 0.0875. The van der Waals surface area contributed by atoms with Gasteiger partial charge in [-0.15, -0.1) is 11.8 Å². The summed E-state index contributed by atoms with van der Waals surface area (Å²) in [5.74, 6) is -0.000177. The lowest BCUT2D eigenvalue weighted by atomic mass is 10.1. The summed E-state index contributed by atoms with van der Waals surface area (Å²) in [6, 6.07) is 15.0. The Labute approximate surface area is 172 Å². The van der Waals surface area contributed by atoms with Gasteiger partial charge in [-0.3, -0.25) is 9.59 Å². The fraction of sp³-hybridized carbons (Fsp3) is 0.300. The van der Waals surface area contributed by atoms with Gasteiger partial charge in [0.1, 0.15) is 0 Å². The van der Waals surface area contributed by atoms with Crippen LogP contribution < -0.4 is 10.6 Å². The lowest BCUT2D eigenvalue weighted by Crippen LogP contribution is -2.29.